The Balaban J connectivity index is 2.22. The highest BCUT2D eigenvalue weighted by Crippen LogP contribution is 2.08. The third-order valence-electron chi connectivity index (χ3n) is 3.00. The Labute approximate surface area is 131 Å². The molecule has 1 amide bonds. The van der Waals surface area contributed by atoms with Crippen molar-refractivity contribution < 1.29 is 17.9 Å². The van der Waals surface area contributed by atoms with Crippen LogP contribution in [0.5, 0.6) is 0 Å². The third-order valence-corrected chi connectivity index (χ3v) is 3.93. The van der Waals surface area contributed by atoms with Gasteiger partial charge in [0.2, 0.25) is 15.9 Å². The van der Waals surface area contributed by atoms with Gasteiger partial charge in [0.1, 0.15) is 0 Å². The second-order valence-corrected chi connectivity index (χ2v) is 6.34. The van der Waals surface area contributed by atoms with Gasteiger partial charge in [-0.1, -0.05) is 12.1 Å². The van der Waals surface area contributed by atoms with Gasteiger partial charge >= 0.3 is 0 Å². The molecule has 7 nitrogen and oxygen atoms in total. The summed E-state index contributed by atoms with van der Waals surface area (Å²) in [5, 5.41) is 10.9. The third kappa shape index (κ3) is 7.51. The summed E-state index contributed by atoms with van der Waals surface area (Å²) in [6.07, 6.45) is 1.04. The smallest absolute Gasteiger partial charge is 0.238 e. The Morgan fingerprint density at radius 1 is 1.18 bits per heavy atom. The monoisotopic (exact) mass is 329 g/mol. The van der Waals surface area contributed by atoms with Crippen LogP contribution in [-0.4, -0.2) is 47.7 Å². The normalized spacial score (nSPS) is 11.4. The first-order valence-electron chi connectivity index (χ1n) is 7.01. The zero-order valence-corrected chi connectivity index (χ0v) is 13.5. The number of hydrogen-bond acceptors (Lipinski definition) is 5. The maximum Gasteiger partial charge on any atom is 0.238 e. The van der Waals surface area contributed by atoms with Crippen molar-refractivity contribution in [3.05, 3.63) is 29.8 Å². The van der Waals surface area contributed by atoms with Crippen molar-refractivity contribution in [2.24, 2.45) is 5.14 Å². The highest BCUT2D eigenvalue weighted by atomic mass is 32.2. The molecule has 22 heavy (non-hydrogen) atoms. The highest BCUT2D eigenvalue weighted by molar-refractivity contribution is 7.89. The summed E-state index contributed by atoms with van der Waals surface area (Å²) in [6, 6.07) is 6.31. The quantitative estimate of drug-likeness (QED) is 0.507. The number of nitrogens with one attached hydrogen (secondary N) is 2. The van der Waals surface area contributed by atoms with E-state index >= 15 is 0 Å². The molecule has 0 saturated heterocycles. The number of sulfonamides is 1. The lowest BCUT2D eigenvalue weighted by molar-refractivity contribution is -0.120. The van der Waals surface area contributed by atoms with Crippen molar-refractivity contribution in [1.82, 2.24) is 10.6 Å². The van der Waals surface area contributed by atoms with Crippen LogP contribution in [0.4, 0.5) is 0 Å². The molecule has 4 N–H and O–H groups in total. The van der Waals surface area contributed by atoms with Gasteiger partial charge in [-0.25, -0.2) is 13.6 Å². The first kappa shape index (κ1) is 18.6. The molecule has 1 aromatic carbocycles. The van der Waals surface area contributed by atoms with Crippen LogP contribution in [0.15, 0.2) is 29.2 Å². The van der Waals surface area contributed by atoms with E-state index in [2.05, 4.69) is 10.6 Å². The Bertz CT molecular complexity index is 558. The lowest BCUT2D eigenvalue weighted by Gasteiger charge is -2.07. The maximum atomic E-state index is 11.6. The van der Waals surface area contributed by atoms with Gasteiger partial charge in [-0.15, -0.1) is 0 Å². The van der Waals surface area contributed by atoms with Crippen molar-refractivity contribution in [2.75, 3.05) is 33.4 Å². The molecule has 0 unspecified atom stereocenters. The van der Waals surface area contributed by atoms with E-state index in [0.29, 0.717) is 32.5 Å². The van der Waals surface area contributed by atoms with Crippen LogP contribution >= 0.6 is 0 Å². The Morgan fingerprint density at radius 2 is 1.86 bits per heavy atom. The average molecular weight is 329 g/mol. The van der Waals surface area contributed by atoms with Gasteiger partial charge in [0.15, 0.2) is 0 Å². The lowest BCUT2D eigenvalue weighted by Crippen LogP contribution is -2.30. The van der Waals surface area contributed by atoms with E-state index in [1.54, 1.807) is 19.2 Å². The predicted octanol–water partition coefficient (Wildman–Crippen LogP) is -0.381. The summed E-state index contributed by atoms with van der Waals surface area (Å²) in [5.41, 5.74) is 0.936. The molecular formula is C14H23N3O4S. The van der Waals surface area contributed by atoms with Crippen molar-refractivity contribution in [3.63, 3.8) is 0 Å². The largest absolute Gasteiger partial charge is 0.383 e. The number of amides is 1. The zero-order chi connectivity index (χ0) is 16.4. The van der Waals surface area contributed by atoms with Crippen LogP contribution in [-0.2, 0) is 26.0 Å². The molecular weight excluding hydrogens is 306 g/mol. The average Bonchev–Trinajstić information content (AvgIpc) is 2.46. The van der Waals surface area contributed by atoms with Crippen molar-refractivity contribution in [2.45, 2.75) is 17.7 Å². The van der Waals surface area contributed by atoms with Crippen LogP contribution in [0.1, 0.15) is 12.0 Å². The van der Waals surface area contributed by atoms with Crippen LogP contribution in [0.25, 0.3) is 0 Å². The number of methoxy groups -OCH3 is 1. The van der Waals surface area contributed by atoms with E-state index in [0.717, 1.165) is 12.1 Å². The summed E-state index contributed by atoms with van der Waals surface area (Å²) < 4.78 is 27.1. The molecule has 0 aliphatic carbocycles. The minimum atomic E-state index is -3.66. The van der Waals surface area contributed by atoms with E-state index in [-0.39, 0.29) is 10.8 Å². The molecule has 0 atom stereocenters. The van der Waals surface area contributed by atoms with Crippen LogP contribution in [0.3, 0.4) is 0 Å². The summed E-state index contributed by atoms with van der Waals surface area (Å²) in [4.78, 5) is 11.7. The Kier molecular flexibility index (Phi) is 8.03. The van der Waals surface area contributed by atoms with Crippen molar-refractivity contribution in [3.8, 4) is 0 Å². The number of carbonyl (C=O) groups excluding carboxylic acids is 1. The van der Waals surface area contributed by atoms with E-state index in [1.165, 1.54) is 12.1 Å². The fraction of sp³-hybridized carbons (Fsp3) is 0.500. The minimum Gasteiger partial charge on any atom is -0.383 e. The van der Waals surface area contributed by atoms with Gasteiger partial charge in [-0.05, 0) is 24.1 Å². The lowest BCUT2D eigenvalue weighted by atomic mass is 10.1. The summed E-state index contributed by atoms with van der Waals surface area (Å²) in [6.45, 7) is 2.46. The molecule has 0 aliphatic heterocycles. The van der Waals surface area contributed by atoms with Gasteiger partial charge < -0.3 is 15.4 Å². The molecule has 8 heteroatoms. The van der Waals surface area contributed by atoms with Crippen molar-refractivity contribution >= 4 is 15.9 Å². The molecule has 0 aliphatic rings. The fourth-order valence-electron chi connectivity index (χ4n) is 1.78. The minimum absolute atomic E-state index is 0.0222. The molecule has 0 saturated carbocycles. The molecule has 1 rings (SSSR count). The van der Waals surface area contributed by atoms with E-state index < -0.39 is 10.0 Å². The SMILES string of the molecule is COCCNCCC(=O)NCCc1ccc(S(N)(=O)=O)cc1. The molecule has 0 heterocycles. The van der Waals surface area contributed by atoms with E-state index in [1.807, 2.05) is 0 Å². The highest BCUT2D eigenvalue weighted by Gasteiger charge is 2.06. The van der Waals surface area contributed by atoms with Crippen LogP contribution in [0, 0.1) is 0 Å². The van der Waals surface area contributed by atoms with Crippen LogP contribution in [0.2, 0.25) is 0 Å². The van der Waals surface area contributed by atoms with Crippen molar-refractivity contribution in [1.29, 1.82) is 0 Å². The number of nitrogens with two attached hydrogens (primary N) is 1. The van der Waals surface area contributed by atoms with Gasteiger partial charge in [-0.2, -0.15) is 0 Å². The standard InChI is InChI=1S/C14H23N3O4S/c1-21-11-10-16-8-7-14(18)17-9-6-12-2-4-13(5-3-12)22(15,19)20/h2-5,16H,6-11H2,1H3,(H,17,18)(H2,15,19,20). The Hall–Kier alpha value is -1.48. The number of primary sulfonamides is 1. The number of benzene rings is 1. The molecule has 0 aromatic heterocycles. The number of hydrogen-bond donors (Lipinski definition) is 3. The number of carbonyl (C=O) groups is 1. The van der Waals surface area contributed by atoms with Crippen LogP contribution < -0.4 is 15.8 Å². The molecule has 0 bridgehead atoms. The van der Waals surface area contributed by atoms with E-state index in [9.17, 15) is 13.2 Å². The first-order valence-corrected chi connectivity index (χ1v) is 8.56. The van der Waals surface area contributed by atoms with Gasteiger partial charge in [0.25, 0.3) is 0 Å². The zero-order valence-electron chi connectivity index (χ0n) is 12.7. The molecule has 0 spiro atoms. The molecule has 1 aromatic rings. The topological polar surface area (TPSA) is 111 Å². The number of ether oxygens (including phenoxy) is 1. The molecule has 0 fully saturated rings. The Morgan fingerprint density at radius 3 is 2.45 bits per heavy atom. The second kappa shape index (κ2) is 9.52. The second-order valence-electron chi connectivity index (χ2n) is 4.78. The first-order chi connectivity index (χ1) is 10.4. The molecule has 124 valence electrons. The van der Waals surface area contributed by atoms with Gasteiger partial charge in [-0.3, -0.25) is 4.79 Å². The van der Waals surface area contributed by atoms with Gasteiger partial charge in [0, 0.05) is 33.2 Å². The number of rotatable bonds is 10. The maximum absolute atomic E-state index is 11.6. The summed E-state index contributed by atoms with van der Waals surface area (Å²) in [7, 11) is -2.03. The van der Waals surface area contributed by atoms with E-state index in [4.69, 9.17) is 9.88 Å². The summed E-state index contributed by atoms with van der Waals surface area (Å²) >= 11 is 0. The molecule has 0 radical (unpaired) electrons. The fourth-order valence-corrected chi connectivity index (χ4v) is 2.30. The van der Waals surface area contributed by atoms with Gasteiger partial charge in [0.05, 0.1) is 11.5 Å². The predicted molar refractivity (Wildman–Crippen MR) is 83.9 cm³/mol. The summed E-state index contributed by atoms with van der Waals surface area (Å²) in [5.74, 6) is -0.0222.